The van der Waals surface area contributed by atoms with Gasteiger partial charge in [-0.05, 0) is 122 Å². The highest BCUT2D eigenvalue weighted by molar-refractivity contribution is 6.52. The first kappa shape index (κ1) is 49.0. The molecule has 0 fully saturated rings. The molecule has 2 unspecified atom stereocenters. The molecule has 0 radical (unpaired) electrons. The topological polar surface area (TPSA) is 150 Å². The molecule has 2 aliphatic heterocycles. The van der Waals surface area contributed by atoms with Gasteiger partial charge in [0.05, 0.1) is 22.2 Å². The van der Waals surface area contributed by atoms with Crippen LogP contribution < -0.4 is 37.2 Å². The molecule has 0 saturated heterocycles. The van der Waals surface area contributed by atoms with Crippen molar-refractivity contribution in [3.8, 4) is 22.3 Å². The van der Waals surface area contributed by atoms with Gasteiger partial charge in [-0.25, -0.2) is 4.99 Å². The largest absolute Gasteiger partial charge is 0.506 e. The van der Waals surface area contributed by atoms with Crippen LogP contribution in [-0.2, 0) is 16.1 Å². The Kier molecular flexibility index (Phi) is 12.0. The van der Waals surface area contributed by atoms with Gasteiger partial charge in [-0.15, -0.1) is 0 Å². The van der Waals surface area contributed by atoms with E-state index in [1.54, 1.807) is 0 Å². The van der Waals surface area contributed by atoms with Crippen molar-refractivity contribution in [3.63, 3.8) is 0 Å². The predicted octanol–water partition coefficient (Wildman–Crippen LogP) is 10.3. The van der Waals surface area contributed by atoms with Crippen LogP contribution in [0.25, 0.3) is 54.9 Å². The second-order valence-corrected chi connectivity index (χ2v) is 21.0. The summed E-state index contributed by atoms with van der Waals surface area (Å²) in [5.74, 6) is -0.704. The highest BCUT2D eigenvalue weighted by Crippen LogP contribution is 2.56. The summed E-state index contributed by atoms with van der Waals surface area (Å²) in [6.45, 7) is 15.4. The Bertz CT molecular complexity index is 4030. The maximum absolute atomic E-state index is 15.4. The average Bonchev–Trinajstić information content (AvgIpc) is 3.43. The summed E-state index contributed by atoms with van der Waals surface area (Å²) in [7, 11) is 0. The van der Waals surface area contributed by atoms with Crippen molar-refractivity contribution in [1.82, 2.24) is 20.4 Å². The second kappa shape index (κ2) is 19.2. The van der Waals surface area contributed by atoms with Crippen LogP contribution >= 0.6 is 0 Å². The normalized spacial score (nSPS) is 18.5. The van der Waals surface area contributed by atoms with Crippen LogP contribution in [0.4, 0.5) is 17.1 Å². The minimum atomic E-state index is -1.17. The van der Waals surface area contributed by atoms with E-state index in [-0.39, 0.29) is 34.5 Å². The van der Waals surface area contributed by atoms with E-state index in [1.807, 2.05) is 121 Å². The predicted molar refractivity (Wildman–Crippen MR) is 312 cm³/mol. The van der Waals surface area contributed by atoms with Crippen LogP contribution in [0.2, 0.25) is 0 Å². The number of fused-ring (bicyclic) bond motifs is 10. The monoisotopic (exact) mass is 1030 g/mol. The Balaban J connectivity index is 0.924. The highest BCUT2D eigenvalue weighted by Gasteiger charge is 2.49. The number of nitrogens with zero attached hydrogens (tertiary/aromatic N) is 3. The van der Waals surface area contributed by atoms with E-state index in [4.69, 9.17) is 4.99 Å². The molecule has 13 rings (SSSR count). The lowest BCUT2D eigenvalue weighted by molar-refractivity contribution is -0.109. The first-order valence-corrected chi connectivity index (χ1v) is 27.7. The fourth-order valence-electron chi connectivity index (χ4n) is 13.0. The van der Waals surface area contributed by atoms with Crippen molar-refractivity contribution in [1.29, 1.82) is 0 Å². The van der Waals surface area contributed by atoms with Gasteiger partial charge in [0.2, 0.25) is 5.78 Å². The molecule has 78 heavy (non-hydrogen) atoms. The third-order valence-electron chi connectivity index (χ3n) is 17.0. The Labute approximate surface area is 453 Å². The van der Waals surface area contributed by atoms with Crippen molar-refractivity contribution >= 4 is 67.4 Å². The lowest BCUT2D eigenvalue weighted by atomic mass is 9.79. The molecular weight excluding hydrogens is 969 g/mol. The Hall–Kier alpha value is -8.58. The average molecular weight is 1030 g/mol. The van der Waals surface area contributed by atoms with E-state index in [9.17, 15) is 14.7 Å². The molecule has 2 spiro atoms. The first-order chi connectivity index (χ1) is 38.1. The van der Waals surface area contributed by atoms with Gasteiger partial charge in [-0.3, -0.25) is 14.4 Å². The number of rotatable bonds is 15. The molecule has 0 bridgehead atoms. The number of allylic oxidation sites excluding steroid dienone is 2. The third-order valence-corrected chi connectivity index (χ3v) is 17.0. The molecule has 2 amide bonds. The molecule has 390 valence electrons. The molecule has 3 aliphatic carbocycles. The molecule has 0 saturated carbocycles. The lowest BCUT2D eigenvalue weighted by Gasteiger charge is -2.41. The van der Waals surface area contributed by atoms with E-state index in [1.165, 1.54) is 0 Å². The molecule has 12 heteroatoms. The molecular formula is C66H62N8O4. The molecule has 2 heterocycles. The van der Waals surface area contributed by atoms with Crippen LogP contribution in [0, 0.1) is 0 Å². The minimum absolute atomic E-state index is 0.113. The Morgan fingerprint density at radius 2 is 1.08 bits per heavy atom. The number of anilines is 3. The number of Topliss-reactive ketones (excluding diaryl/α,β-unsaturated/α-hetero) is 1. The van der Waals surface area contributed by atoms with Crippen molar-refractivity contribution < 1.29 is 19.5 Å². The number of ketones is 1. The summed E-state index contributed by atoms with van der Waals surface area (Å²) in [5.41, 5.74) is 9.80. The van der Waals surface area contributed by atoms with Gasteiger partial charge in [0, 0.05) is 79.4 Å². The van der Waals surface area contributed by atoms with E-state index in [0.717, 1.165) is 130 Å². The third kappa shape index (κ3) is 7.48. The van der Waals surface area contributed by atoms with Gasteiger partial charge in [0.15, 0.2) is 11.3 Å². The molecule has 5 aliphatic rings. The van der Waals surface area contributed by atoms with Gasteiger partial charge < -0.3 is 41.5 Å². The quantitative estimate of drug-likeness (QED) is 0.0552. The first-order valence-electron chi connectivity index (χ1n) is 27.7. The zero-order chi connectivity index (χ0) is 53.5. The zero-order valence-corrected chi connectivity index (χ0v) is 44.4. The van der Waals surface area contributed by atoms with E-state index in [0.29, 0.717) is 46.0 Å². The number of carbonyl (C=O) groups is 3. The number of carbonyl (C=O) groups excluding carboxylic acids is 3. The van der Waals surface area contributed by atoms with E-state index < -0.39 is 11.3 Å². The van der Waals surface area contributed by atoms with E-state index in [2.05, 4.69) is 88.3 Å². The maximum atomic E-state index is 15.4. The number of nitrogens with one attached hydrogen (secondary N) is 5. The van der Waals surface area contributed by atoms with Gasteiger partial charge >= 0.3 is 0 Å². The number of benzene rings is 8. The smallest absolute Gasteiger partial charge is 0.251 e. The van der Waals surface area contributed by atoms with Crippen LogP contribution in [0.1, 0.15) is 89.1 Å². The number of aliphatic hydroxyl groups excluding tert-OH is 1. The summed E-state index contributed by atoms with van der Waals surface area (Å²) in [6.07, 6.45) is 1.69. The van der Waals surface area contributed by atoms with Crippen molar-refractivity contribution in [3.05, 3.63) is 201 Å². The molecule has 0 aromatic heterocycles. The maximum Gasteiger partial charge on any atom is 0.251 e. The van der Waals surface area contributed by atoms with Crippen molar-refractivity contribution in [2.24, 2.45) is 4.99 Å². The second-order valence-electron chi connectivity index (χ2n) is 21.0. The SMILES string of the molecule is CCN(CC)CCCNC(=O)c1ccc2c(c1)C1(N=c3/c(=C4/C(=O)C(c5ccc6cccc7c6c5NC5(N7)c6ccccc6-c6ccc(C(=O)NCCCN(CC)CC)cc65)=C4O)ccc4cccc(c34)N1)c1ccccc1-2. The highest BCUT2D eigenvalue weighted by atomic mass is 16.3. The Morgan fingerprint density at radius 1 is 0.538 bits per heavy atom. The number of hydrogen-bond acceptors (Lipinski definition) is 10. The van der Waals surface area contributed by atoms with Crippen LogP contribution in [0.15, 0.2) is 156 Å². The number of aliphatic hydroxyl groups is 1. The zero-order valence-electron chi connectivity index (χ0n) is 44.4. The molecule has 6 N–H and O–H groups in total. The summed E-state index contributed by atoms with van der Waals surface area (Å²) in [6, 6.07) is 48.2. The van der Waals surface area contributed by atoms with E-state index >= 15 is 4.79 Å². The number of hydrogen-bond donors (Lipinski definition) is 6. The molecule has 12 nitrogen and oxygen atoms in total. The lowest BCUT2D eigenvalue weighted by Crippen LogP contribution is -2.45. The van der Waals surface area contributed by atoms with Crippen molar-refractivity contribution in [2.75, 3.05) is 68.3 Å². The molecule has 8 aromatic rings. The fourth-order valence-corrected chi connectivity index (χ4v) is 13.0. The summed E-state index contributed by atoms with van der Waals surface area (Å²) in [4.78, 5) is 53.5. The fraction of sp³-hybridized carbons (Fsp3) is 0.242. The standard InChI is InChI=1S/C66H62N8O4/c1-5-73(6-2)35-15-33-67-63(77)41-27-29-45-43-19-9-11-21-49(43)65(51(45)37-41)69-53-23-13-17-39-25-31-47(59(71-65)55(39)53)57-61(75)58(62(57)76)48-32-26-40-18-14-24-54-56(40)60(48)72-66(70-54)50-22-12-10-20-44(50)46-30-28-42(38-52(46)66)64(78)68-34-16-36-74(7-3)8-4/h9-14,17-32,37-38,69-71,75H,5-8,15-16,33-36H2,1-4H3,(H,67,77)(H,68,78)/b58-48+. The van der Waals surface area contributed by atoms with Crippen LogP contribution in [0.5, 0.6) is 0 Å². The van der Waals surface area contributed by atoms with Crippen LogP contribution in [-0.4, -0.2) is 84.9 Å². The summed E-state index contributed by atoms with van der Waals surface area (Å²) >= 11 is 0. The van der Waals surface area contributed by atoms with Crippen LogP contribution in [0.3, 0.4) is 0 Å². The number of amides is 2. The van der Waals surface area contributed by atoms with Gasteiger partial charge in [-0.1, -0.05) is 137 Å². The van der Waals surface area contributed by atoms with Crippen molar-refractivity contribution in [2.45, 2.75) is 51.9 Å². The van der Waals surface area contributed by atoms with Gasteiger partial charge in [0.25, 0.3) is 11.8 Å². The molecule has 2 atom stereocenters. The molecule has 8 aromatic carbocycles. The Morgan fingerprint density at radius 3 is 1.72 bits per heavy atom. The van der Waals surface area contributed by atoms with Gasteiger partial charge in [-0.2, -0.15) is 0 Å². The summed E-state index contributed by atoms with van der Waals surface area (Å²) in [5, 5.41) is 35.4. The minimum Gasteiger partial charge on any atom is -0.506 e. The summed E-state index contributed by atoms with van der Waals surface area (Å²) < 4.78 is 0. The van der Waals surface area contributed by atoms with Gasteiger partial charge in [0.1, 0.15) is 5.76 Å².